The standard InChI is InChI=1S/C25H42O3/c1-16(8-11-22(26)27)18-9-10-19-23-20(12-14-25(18,19)3)24(2)13-6-5-7-17(24)15-21(23)28-4/h16-21,23H,5-15H2,1-4H3,(H,26,27). The lowest BCUT2D eigenvalue weighted by Gasteiger charge is -2.62. The molecule has 3 heteroatoms. The molecule has 0 bridgehead atoms. The minimum atomic E-state index is -0.641. The topological polar surface area (TPSA) is 46.5 Å². The van der Waals surface area contributed by atoms with Crippen molar-refractivity contribution in [2.24, 2.45) is 46.3 Å². The van der Waals surface area contributed by atoms with Crippen molar-refractivity contribution in [2.75, 3.05) is 7.11 Å². The van der Waals surface area contributed by atoms with E-state index in [1.165, 1.54) is 57.8 Å². The summed E-state index contributed by atoms with van der Waals surface area (Å²) < 4.78 is 6.20. The van der Waals surface area contributed by atoms with Crippen molar-refractivity contribution in [1.29, 1.82) is 0 Å². The molecule has 0 spiro atoms. The first-order valence-electron chi connectivity index (χ1n) is 12.1. The molecule has 3 nitrogen and oxygen atoms in total. The van der Waals surface area contributed by atoms with Crippen LogP contribution in [0.15, 0.2) is 0 Å². The highest BCUT2D eigenvalue weighted by molar-refractivity contribution is 5.66. The fraction of sp³-hybridized carbons (Fsp3) is 0.960. The minimum absolute atomic E-state index is 0.324. The molecule has 0 aromatic rings. The third kappa shape index (κ3) is 3.15. The summed E-state index contributed by atoms with van der Waals surface area (Å²) in [4.78, 5) is 11.1. The van der Waals surface area contributed by atoms with Crippen LogP contribution in [0.3, 0.4) is 0 Å². The van der Waals surface area contributed by atoms with Crippen molar-refractivity contribution in [2.45, 2.75) is 97.5 Å². The zero-order valence-corrected chi connectivity index (χ0v) is 18.6. The predicted molar refractivity (Wildman–Crippen MR) is 112 cm³/mol. The predicted octanol–water partition coefficient (Wildman–Crippen LogP) is 6.16. The van der Waals surface area contributed by atoms with Crippen LogP contribution in [-0.4, -0.2) is 24.3 Å². The lowest BCUT2D eigenvalue weighted by Crippen LogP contribution is -2.58. The van der Waals surface area contributed by atoms with Crippen molar-refractivity contribution in [3.63, 3.8) is 0 Å². The molecule has 0 saturated heterocycles. The Bertz CT molecular complexity index is 588. The normalized spacial score (nSPS) is 49.0. The maximum Gasteiger partial charge on any atom is 0.303 e. The first-order chi connectivity index (χ1) is 13.3. The van der Waals surface area contributed by atoms with Gasteiger partial charge in [0, 0.05) is 13.5 Å². The largest absolute Gasteiger partial charge is 0.481 e. The number of hydrogen-bond donors (Lipinski definition) is 1. The molecule has 0 heterocycles. The Morgan fingerprint density at radius 2 is 1.82 bits per heavy atom. The molecule has 4 rings (SSSR count). The monoisotopic (exact) mass is 390 g/mol. The van der Waals surface area contributed by atoms with Gasteiger partial charge in [-0.2, -0.15) is 0 Å². The van der Waals surface area contributed by atoms with Gasteiger partial charge in [0.1, 0.15) is 0 Å². The van der Waals surface area contributed by atoms with Gasteiger partial charge < -0.3 is 9.84 Å². The van der Waals surface area contributed by atoms with Gasteiger partial charge in [0.05, 0.1) is 6.10 Å². The SMILES string of the molecule is COC1CC2CCCCC2(C)C2CCC3(C)C(C(C)CCC(=O)O)CCC3C12. The number of rotatable bonds is 5. The third-order valence-corrected chi connectivity index (χ3v) is 10.5. The molecule has 4 saturated carbocycles. The summed E-state index contributed by atoms with van der Waals surface area (Å²) in [7, 11) is 1.96. The molecule has 4 aliphatic carbocycles. The Labute approximate surface area is 172 Å². The van der Waals surface area contributed by atoms with E-state index >= 15 is 0 Å². The lowest BCUT2D eigenvalue weighted by molar-refractivity contribution is -0.173. The smallest absolute Gasteiger partial charge is 0.303 e. The molecular formula is C25H42O3. The van der Waals surface area contributed by atoms with E-state index < -0.39 is 5.97 Å². The van der Waals surface area contributed by atoms with E-state index in [-0.39, 0.29) is 0 Å². The lowest BCUT2D eigenvalue weighted by atomic mass is 9.44. The molecule has 28 heavy (non-hydrogen) atoms. The van der Waals surface area contributed by atoms with E-state index in [0.29, 0.717) is 35.2 Å². The summed E-state index contributed by atoms with van der Waals surface area (Å²) in [5, 5.41) is 9.14. The fourth-order valence-corrected chi connectivity index (χ4v) is 9.01. The van der Waals surface area contributed by atoms with Gasteiger partial charge in [0.15, 0.2) is 0 Å². The van der Waals surface area contributed by atoms with Crippen LogP contribution in [0, 0.1) is 46.3 Å². The summed E-state index contributed by atoms with van der Waals surface area (Å²) in [5.41, 5.74) is 0.917. The van der Waals surface area contributed by atoms with E-state index in [0.717, 1.165) is 30.1 Å². The van der Waals surface area contributed by atoms with Gasteiger partial charge in [-0.1, -0.05) is 33.6 Å². The van der Waals surface area contributed by atoms with E-state index in [4.69, 9.17) is 9.84 Å². The Hall–Kier alpha value is -0.570. The molecule has 1 N–H and O–H groups in total. The maximum atomic E-state index is 11.1. The first kappa shape index (κ1) is 20.7. The van der Waals surface area contributed by atoms with Crippen LogP contribution in [-0.2, 0) is 9.53 Å². The quantitative estimate of drug-likeness (QED) is 0.611. The third-order valence-electron chi connectivity index (χ3n) is 10.5. The molecule has 0 amide bonds. The van der Waals surface area contributed by atoms with Crippen LogP contribution in [0.4, 0.5) is 0 Å². The van der Waals surface area contributed by atoms with Gasteiger partial charge in [-0.05, 0) is 97.7 Å². The van der Waals surface area contributed by atoms with Crippen LogP contribution in [0.2, 0.25) is 0 Å². The number of fused-ring (bicyclic) bond motifs is 5. The summed E-state index contributed by atoms with van der Waals surface area (Å²) in [6.07, 6.45) is 13.9. The summed E-state index contributed by atoms with van der Waals surface area (Å²) in [6, 6.07) is 0. The maximum absolute atomic E-state index is 11.1. The van der Waals surface area contributed by atoms with Gasteiger partial charge in [-0.25, -0.2) is 0 Å². The Balaban J connectivity index is 1.58. The molecule has 4 fully saturated rings. The Kier molecular flexibility index (Phi) is 5.61. The molecule has 160 valence electrons. The van der Waals surface area contributed by atoms with E-state index in [2.05, 4.69) is 20.8 Å². The number of hydrogen-bond acceptors (Lipinski definition) is 2. The van der Waals surface area contributed by atoms with Gasteiger partial charge in [-0.15, -0.1) is 0 Å². The molecular weight excluding hydrogens is 348 g/mol. The fourth-order valence-electron chi connectivity index (χ4n) is 9.01. The molecule has 0 aliphatic heterocycles. The average molecular weight is 391 g/mol. The highest BCUT2D eigenvalue weighted by atomic mass is 16.5. The summed E-state index contributed by atoms with van der Waals surface area (Å²) in [6.45, 7) is 7.51. The second kappa shape index (κ2) is 7.60. The van der Waals surface area contributed by atoms with Crippen LogP contribution in [0.25, 0.3) is 0 Å². The molecule has 9 atom stereocenters. The highest BCUT2D eigenvalue weighted by Gasteiger charge is 2.62. The van der Waals surface area contributed by atoms with Gasteiger partial charge in [0.2, 0.25) is 0 Å². The summed E-state index contributed by atoms with van der Waals surface area (Å²) in [5.74, 6) is 3.76. The van der Waals surface area contributed by atoms with Crippen LogP contribution in [0.1, 0.15) is 91.4 Å². The van der Waals surface area contributed by atoms with Crippen molar-refractivity contribution >= 4 is 5.97 Å². The number of aliphatic carboxylic acids is 1. The van der Waals surface area contributed by atoms with Crippen molar-refractivity contribution in [1.82, 2.24) is 0 Å². The Morgan fingerprint density at radius 3 is 2.54 bits per heavy atom. The van der Waals surface area contributed by atoms with Crippen molar-refractivity contribution < 1.29 is 14.6 Å². The number of carboxylic acids is 1. The zero-order chi connectivity index (χ0) is 20.1. The van der Waals surface area contributed by atoms with Crippen molar-refractivity contribution in [3.05, 3.63) is 0 Å². The Morgan fingerprint density at radius 1 is 1.07 bits per heavy atom. The second-order valence-corrected chi connectivity index (χ2v) is 11.4. The zero-order valence-electron chi connectivity index (χ0n) is 18.6. The van der Waals surface area contributed by atoms with E-state index in [9.17, 15) is 4.79 Å². The van der Waals surface area contributed by atoms with Gasteiger partial charge in [0.25, 0.3) is 0 Å². The number of carbonyl (C=O) groups is 1. The van der Waals surface area contributed by atoms with Crippen LogP contribution < -0.4 is 0 Å². The van der Waals surface area contributed by atoms with Gasteiger partial charge >= 0.3 is 5.97 Å². The van der Waals surface area contributed by atoms with Crippen LogP contribution in [0.5, 0.6) is 0 Å². The van der Waals surface area contributed by atoms with E-state index in [1.807, 2.05) is 7.11 Å². The summed E-state index contributed by atoms with van der Waals surface area (Å²) >= 11 is 0. The van der Waals surface area contributed by atoms with Crippen molar-refractivity contribution in [3.8, 4) is 0 Å². The molecule has 0 radical (unpaired) electrons. The first-order valence-corrected chi connectivity index (χ1v) is 12.1. The van der Waals surface area contributed by atoms with Crippen LogP contribution >= 0.6 is 0 Å². The number of ether oxygens (including phenoxy) is 1. The minimum Gasteiger partial charge on any atom is -0.481 e. The average Bonchev–Trinajstić information content (AvgIpc) is 3.02. The highest BCUT2D eigenvalue weighted by Crippen LogP contribution is 2.68. The number of methoxy groups -OCH3 is 1. The second-order valence-electron chi connectivity index (χ2n) is 11.4. The molecule has 0 aromatic carbocycles. The molecule has 0 aromatic heterocycles. The van der Waals surface area contributed by atoms with Gasteiger partial charge in [-0.3, -0.25) is 4.79 Å². The molecule has 4 aliphatic rings. The molecule has 9 unspecified atom stereocenters. The van der Waals surface area contributed by atoms with E-state index in [1.54, 1.807) is 0 Å². The number of carboxylic acid groups (broad SMARTS) is 1.